The minimum absolute atomic E-state index is 0.130. The smallest absolute Gasteiger partial charge is 0.256 e. The average molecular weight is 289 g/mol. The highest BCUT2D eigenvalue weighted by Gasteiger charge is 2.23. The van der Waals surface area contributed by atoms with Crippen molar-refractivity contribution < 1.29 is 4.79 Å². The fourth-order valence-corrected chi connectivity index (χ4v) is 2.75. The third kappa shape index (κ3) is 3.90. The van der Waals surface area contributed by atoms with E-state index in [9.17, 15) is 4.79 Å². The van der Waals surface area contributed by atoms with E-state index in [1.165, 1.54) is 0 Å². The molecule has 0 radical (unpaired) electrons. The summed E-state index contributed by atoms with van der Waals surface area (Å²) in [7, 11) is 0. The Morgan fingerprint density at radius 1 is 1.10 bits per heavy atom. The molecular weight excluding hydrogens is 262 g/mol. The molecule has 1 aliphatic rings. The lowest BCUT2D eigenvalue weighted by Crippen LogP contribution is -2.37. The van der Waals surface area contributed by atoms with Gasteiger partial charge in [-0.15, -0.1) is 0 Å². The predicted molar refractivity (Wildman–Crippen MR) is 89.0 cm³/mol. The van der Waals surface area contributed by atoms with Crippen molar-refractivity contribution in [2.24, 2.45) is 11.8 Å². The molecule has 0 saturated carbocycles. The summed E-state index contributed by atoms with van der Waals surface area (Å²) in [6.45, 7) is 12.0. The normalized spacial score (nSPS) is 13.6. The lowest BCUT2D eigenvalue weighted by Gasteiger charge is -2.29. The zero-order chi connectivity index (χ0) is 15.4. The lowest BCUT2D eigenvalue weighted by atomic mass is 10.1. The number of anilines is 2. The molecule has 1 heterocycles. The predicted octanol–water partition coefficient (Wildman–Crippen LogP) is 3.28. The second kappa shape index (κ2) is 6.83. The number of nitrogens with zero attached hydrogens (tertiary/aromatic N) is 1. The third-order valence-corrected chi connectivity index (χ3v) is 3.50. The summed E-state index contributed by atoms with van der Waals surface area (Å²) < 4.78 is 0. The van der Waals surface area contributed by atoms with Gasteiger partial charge in [-0.1, -0.05) is 33.8 Å². The zero-order valence-electron chi connectivity index (χ0n) is 13.6. The van der Waals surface area contributed by atoms with E-state index in [1.54, 1.807) is 0 Å². The molecule has 4 nitrogen and oxygen atoms in total. The summed E-state index contributed by atoms with van der Waals surface area (Å²) in [4.78, 5) is 14.9. The molecule has 2 N–H and O–H groups in total. The van der Waals surface area contributed by atoms with Crippen molar-refractivity contribution in [3.63, 3.8) is 0 Å². The third-order valence-electron chi connectivity index (χ3n) is 3.50. The number of nitrogens with one attached hydrogen (secondary N) is 2. The molecule has 0 saturated heterocycles. The van der Waals surface area contributed by atoms with Crippen LogP contribution < -0.4 is 10.6 Å². The number of amides is 1. The molecule has 0 fully saturated rings. The minimum Gasteiger partial charge on any atom is -0.382 e. The van der Waals surface area contributed by atoms with Gasteiger partial charge in [0.1, 0.15) is 0 Å². The van der Waals surface area contributed by atoms with Gasteiger partial charge in [0.2, 0.25) is 0 Å². The first-order valence-corrected chi connectivity index (χ1v) is 7.89. The Morgan fingerprint density at radius 3 is 2.33 bits per heavy atom. The number of rotatable bonds is 5. The summed E-state index contributed by atoms with van der Waals surface area (Å²) in [6.07, 6.45) is 0. The highest BCUT2D eigenvalue weighted by atomic mass is 16.2. The standard InChI is InChI=1S/C17H27N3O/c1-12(2)10-20(11-13(3)4)17(21)14-6-5-7-15-16(14)19-9-8-18-15/h5-7,12-13,18-19H,8-11H2,1-4H3. The van der Waals surface area contributed by atoms with E-state index in [1.807, 2.05) is 23.1 Å². The van der Waals surface area contributed by atoms with Crippen LogP contribution in [0.3, 0.4) is 0 Å². The lowest BCUT2D eigenvalue weighted by molar-refractivity contribution is 0.0716. The summed E-state index contributed by atoms with van der Waals surface area (Å²) in [5.41, 5.74) is 2.76. The number of carbonyl (C=O) groups excluding carboxylic acids is 1. The molecule has 0 bridgehead atoms. The van der Waals surface area contributed by atoms with Gasteiger partial charge >= 0.3 is 0 Å². The van der Waals surface area contributed by atoms with Gasteiger partial charge in [0.15, 0.2) is 0 Å². The molecule has 4 heteroatoms. The SMILES string of the molecule is CC(C)CN(CC(C)C)C(=O)c1cccc2c1NCCN2. The summed E-state index contributed by atoms with van der Waals surface area (Å²) in [5, 5.41) is 6.71. The second-order valence-corrected chi connectivity index (χ2v) is 6.58. The summed E-state index contributed by atoms with van der Waals surface area (Å²) in [6, 6.07) is 5.90. The van der Waals surface area contributed by atoms with Crippen LogP contribution in [0.5, 0.6) is 0 Å². The van der Waals surface area contributed by atoms with Crippen LogP contribution in [0.25, 0.3) is 0 Å². The molecule has 1 aliphatic heterocycles. The number of hydrogen-bond acceptors (Lipinski definition) is 3. The fourth-order valence-electron chi connectivity index (χ4n) is 2.75. The minimum atomic E-state index is 0.130. The Hall–Kier alpha value is -1.71. The van der Waals surface area contributed by atoms with Crippen molar-refractivity contribution in [1.82, 2.24) is 4.90 Å². The van der Waals surface area contributed by atoms with E-state index in [4.69, 9.17) is 0 Å². The van der Waals surface area contributed by atoms with Crippen molar-refractivity contribution in [2.45, 2.75) is 27.7 Å². The van der Waals surface area contributed by atoms with E-state index >= 15 is 0 Å². The summed E-state index contributed by atoms with van der Waals surface area (Å²) >= 11 is 0. The van der Waals surface area contributed by atoms with Crippen molar-refractivity contribution >= 4 is 17.3 Å². The first-order chi connectivity index (χ1) is 9.99. The average Bonchev–Trinajstić information content (AvgIpc) is 2.44. The first-order valence-electron chi connectivity index (χ1n) is 7.89. The van der Waals surface area contributed by atoms with Gasteiger partial charge in [-0.25, -0.2) is 0 Å². The molecule has 116 valence electrons. The Kier molecular flexibility index (Phi) is 5.10. The maximum atomic E-state index is 12.9. The van der Waals surface area contributed by atoms with Crippen LogP contribution in [0.4, 0.5) is 11.4 Å². The van der Waals surface area contributed by atoms with Gasteiger partial charge in [0, 0.05) is 26.2 Å². The Labute approximate surface area is 127 Å². The summed E-state index contributed by atoms with van der Waals surface area (Å²) in [5.74, 6) is 1.07. The number of para-hydroxylation sites is 1. The van der Waals surface area contributed by atoms with Crippen LogP contribution in [-0.4, -0.2) is 37.0 Å². The van der Waals surface area contributed by atoms with E-state index in [0.717, 1.165) is 43.1 Å². The quantitative estimate of drug-likeness (QED) is 0.874. The number of fused-ring (bicyclic) bond motifs is 1. The fraction of sp³-hybridized carbons (Fsp3) is 0.588. The van der Waals surface area contributed by atoms with Gasteiger partial charge in [-0.3, -0.25) is 4.79 Å². The molecule has 1 aromatic carbocycles. The van der Waals surface area contributed by atoms with Crippen LogP contribution >= 0.6 is 0 Å². The zero-order valence-corrected chi connectivity index (χ0v) is 13.6. The van der Waals surface area contributed by atoms with E-state index in [-0.39, 0.29) is 5.91 Å². The maximum Gasteiger partial charge on any atom is 0.256 e. The molecule has 0 spiro atoms. The molecule has 0 atom stereocenters. The van der Waals surface area contributed by atoms with Crippen molar-refractivity contribution in [3.05, 3.63) is 23.8 Å². The molecule has 0 aromatic heterocycles. The van der Waals surface area contributed by atoms with Crippen molar-refractivity contribution in [1.29, 1.82) is 0 Å². The monoisotopic (exact) mass is 289 g/mol. The van der Waals surface area contributed by atoms with Crippen LogP contribution in [0, 0.1) is 11.8 Å². The molecule has 0 aliphatic carbocycles. The Bertz CT molecular complexity index is 487. The van der Waals surface area contributed by atoms with Gasteiger partial charge in [-0.05, 0) is 24.0 Å². The number of carbonyl (C=O) groups is 1. The molecule has 1 amide bonds. The van der Waals surface area contributed by atoms with E-state index in [0.29, 0.717) is 11.8 Å². The number of benzene rings is 1. The molecule has 1 aromatic rings. The Morgan fingerprint density at radius 2 is 1.71 bits per heavy atom. The van der Waals surface area contributed by atoms with Crippen LogP contribution in [0.1, 0.15) is 38.1 Å². The van der Waals surface area contributed by atoms with Crippen molar-refractivity contribution in [2.75, 3.05) is 36.8 Å². The van der Waals surface area contributed by atoms with Gasteiger partial charge in [0.25, 0.3) is 5.91 Å². The molecular formula is C17H27N3O. The first kappa shape index (κ1) is 15.7. The molecule has 2 rings (SSSR count). The van der Waals surface area contributed by atoms with Gasteiger partial charge in [-0.2, -0.15) is 0 Å². The molecule has 21 heavy (non-hydrogen) atoms. The van der Waals surface area contributed by atoms with Crippen LogP contribution in [-0.2, 0) is 0 Å². The topological polar surface area (TPSA) is 44.4 Å². The second-order valence-electron chi connectivity index (χ2n) is 6.58. The highest BCUT2D eigenvalue weighted by molar-refractivity contribution is 6.02. The van der Waals surface area contributed by atoms with Gasteiger partial charge in [0.05, 0.1) is 16.9 Å². The largest absolute Gasteiger partial charge is 0.382 e. The van der Waals surface area contributed by atoms with E-state index in [2.05, 4.69) is 38.3 Å². The molecule has 0 unspecified atom stereocenters. The maximum absolute atomic E-state index is 12.9. The van der Waals surface area contributed by atoms with Crippen molar-refractivity contribution in [3.8, 4) is 0 Å². The van der Waals surface area contributed by atoms with Crippen LogP contribution in [0.15, 0.2) is 18.2 Å². The van der Waals surface area contributed by atoms with Crippen LogP contribution in [0.2, 0.25) is 0 Å². The van der Waals surface area contributed by atoms with E-state index < -0.39 is 0 Å². The Balaban J connectivity index is 2.27. The highest BCUT2D eigenvalue weighted by Crippen LogP contribution is 2.29. The van der Waals surface area contributed by atoms with Gasteiger partial charge < -0.3 is 15.5 Å². The number of hydrogen-bond donors (Lipinski definition) is 2.